The maximum Gasteiger partial charge on any atom is 0.319 e. The molecule has 2 heterocycles. The molecule has 0 saturated carbocycles. The largest absolute Gasteiger partial charge is 0.338 e. The smallest absolute Gasteiger partial charge is 0.319 e. The second kappa shape index (κ2) is 7.65. The summed E-state index contributed by atoms with van der Waals surface area (Å²) in [7, 11) is 1.90. The van der Waals surface area contributed by atoms with Crippen LogP contribution < -0.4 is 10.6 Å². The summed E-state index contributed by atoms with van der Waals surface area (Å²) >= 11 is 0. The molecule has 3 aromatic rings. The van der Waals surface area contributed by atoms with E-state index in [2.05, 4.69) is 20.7 Å². The Balaban J connectivity index is 1.56. The molecule has 25 heavy (non-hydrogen) atoms. The fraction of sp³-hybridized carbons (Fsp3) is 0.278. The first-order chi connectivity index (χ1) is 12.1. The number of urea groups is 1. The molecule has 0 atom stereocenters. The highest BCUT2D eigenvalue weighted by Gasteiger charge is 2.08. The summed E-state index contributed by atoms with van der Waals surface area (Å²) in [6, 6.07) is 7.75. The van der Waals surface area contributed by atoms with Crippen LogP contribution in [0.5, 0.6) is 0 Å². The summed E-state index contributed by atoms with van der Waals surface area (Å²) in [6.07, 6.45) is 8.03. The van der Waals surface area contributed by atoms with Gasteiger partial charge in [-0.3, -0.25) is 4.68 Å². The van der Waals surface area contributed by atoms with Crippen LogP contribution in [0.3, 0.4) is 0 Å². The minimum Gasteiger partial charge on any atom is -0.338 e. The maximum absolute atomic E-state index is 12.1. The molecule has 0 fully saturated rings. The van der Waals surface area contributed by atoms with Crippen molar-refractivity contribution in [2.75, 3.05) is 11.9 Å². The number of benzene rings is 1. The number of aromatic nitrogens is 4. The highest BCUT2D eigenvalue weighted by atomic mass is 16.2. The van der Waals surface area contributed by atoms with Gasteiger partial charge in [0, 0.05) is 50.0 Å². The number of hydrogen-bond donors (Lipinski definition) is 2. The number of nitrogens with zero attached hydrogens (tertiary/aromatic N) is 4. The van der Waals surface area contributed by atoms with Crippen molar-refractivity contribution >= 4 is 11.7 Å². The van der Waals surface area contributed by atoms with Crippen molar-refractivity contribution in [3.8, 4) is 11.3 Å². The van der Waals surface area contributed by atoms with Crippen LogP contribution >= 0.6 is 0 Å². The molecule has 0 aliphatic carbocycles. The van der Waals surface area contributed by atoms with Gasteiger partial charge in [0.2, 0.25) is 0 Å². The molecular weight excluding hydrogens is 316 g/mol. The molecule has 0 spiro atoms. The summed E-state index contributed by atoms with van der Waals surface area (Å²) in [4.78, 5) is 16.1. The van der Waals surface area contributed by atoms with Crippen LogP contribution in [-0.4, -0.2) is 31.9 Å². The lowest BCUT2D eigenvalue weighted by Gasteiger charge is -2.12. The molecule has 0 saturated heterocycles. The van der Waals surface area contributed by atoms with E-state index in [-0.39, 0.29) is 6.03 Å². The Morgan fingerprint density at radius 3 is 2.84 bits per heavy atom. The average Bonchev–Trinajstić information content (AvgIpc) is 3.25. The molecule has 2 amide bonds. The zero-order chi connectivity index (χ0) is 17.6. The molecule has 2 aromatic heterocycles. The minimum absolute atomic E-state index is 0.198. The quantitative estimate of drug-likeness (QED) is 0.679. The number of hydrogen-bond acceptors (Lipinski definition) is 3. The SMILES string of the molecule is Cc1ccc(-c2ccnn2C)cc1NC(=O)NCCCn1ccnc1. The summed E-state index contributed by atoms with van der Waals surface area (Å²) in [5, 5.41) is 10.00. The van der Waals surface area contributed by atoms with Gasteiger partial charge in [0.05, 0.1) is 12.0 Å². The van der Waals surface area contributed by atoms with Gasteiger partial charge >= 0.3 is 6.03 Å². The van der Waals surface area contributed by atoms with Crippen molar-refractivity contribution in [3.63, 3.8) is 0 Å². The Bertz CT molecular complexity index is 837. The molecule has 130 valence electrons. The van der Waals surface area contributed by atoms with Crippen LogP contribution in [-0.2, 0) is 13.6 Å². The molecule has 2 N–H and O–H groups in total. The molecule has 0 radical (unpaired) electrons. The third kappa shape index (κ3) is 4.26. The lowest BCUT2D eigenvalue weighted by molar-refractivity contribution is 0.252. The van der Waals surface area contributed by atoms with Gasteiger partial charge in [-0.05, 0) is 31.0 Å². The molecular formula is C18H22N6O. The number of imidazole rings is 1. The van der Waals surface area contributed by atoms with Crippen molar-refractivity contribution < 1.29 is 4.79 Å². The van der Waals surface area contributed by atoms with E-state index in [4.69, 9.17) is 0 Å². The normalized spacial score (nSPS) is 10.6. The average molecular weight is 338 g/mol. The maximum atomic E-state index is 12.1. The van der Waals surface area contributed by atoms with Crippen molar-refractivity contribution in [3.05, 3.63) is 54.7 Å². The number of rotatable bonds is 6. The van der Waals surface area contributed by atoms with Crippen LogP contribution in [0.1, 0.15) is 12.0 Å². The fourth-order valence-corrected chi connectivity index (χ4v) is 2.62. The van der Waals surface area contributed by atoms with Gasteiger partial charge in [-0.2, -0.15) is 5.10 Å². The Morgan fingerprint density at radius 2 is 2.12 bits per heavy atom. The summed E-state index contributed by atoms with van der Waals surface area (Å²) < 4.78 is 3.80. The number of carbonyl (C=O) groups is 1. The number of amides is 2. The summed E-state index contributed by atoms with van der Waals surface area (Å²) in [5.41, 5.74) is 3.83. The second-order valence-corrected chi connectivity index (χ2v) is 5.90. The molecule has 0 aliphatic heterocycles. The predicted octanol–water partition coefficient (Wildman–Crippen LogP) is 2.80. The number of anilines is 1. The van der Waals surface area contributed by atoms with Crippen LogP contribution in [0.2, 0.25) is 0 Å². The molecule has 0 aliphatic rings. The molecule has 7 heteroatoms. The number of carbonyl (C=O) groups excluding carboxylic acids is 1. The van der Waals surface area contributed by atoms with Crippen molar-refractivity contribution in [1.82, 2.24) is 24.6 Å². The number of nitrogens with one attached hydrogen (secondary N) is 2. The van der Waals surface area contributed by atoms with Gasteiger partial charge in [-0.1, -0.05) is 12.1 Å². The zero-order valence-corrected chi connectivity index (χ0v) is 14.4. The van der Waals surface area contributed by atoms with E-state index in [9.17, 15) is 4.79 Å². The lowest BCUT2D eigenvalue weighted by atomic mass is 10.1. The van der Waals surface area contributed by atoms with E-state index in [1.165, 1.54) is 0 Å². The van der Waals surface area contributed by atoms with E-state index in [0.717, 1.165) is 35.5 Å². The van der Waals surface area contributed by atoms with E-state index >= 15 is 0 Å². The van der Waals surface area contributed by atoms with Gasteiger partial charge in [-0.25, -0.2) is 9.78 Å². The lowest BCUT2D eigenvalue weighted by Crippen LogP contribution is -2.30. The molecule has 0 bridgehead atoms. The van der Waals surface area contributed by atoms with Gasteiger partial charge in [0.1, 0.15) is 0 Å². The summed E-state index contributed by atoms with van der Waals surface area (Å²) in [5.74, 6) is 0. The van der Waals surface area contributed by atoms with Gasteiger partial charge in [0.25, 0.3) is 0 Å². The Labute approximate surface area is 146 Å². The molecule has 3 rings (SSSR count). The Kier molecular flexibility index (Phi) is 5.13. The predicted molar refractivity (Wildman–Crippen MR) is 97.2 cm³/mol. The third-order valence-electron chi connectivity index (χ3n) is 4.04. The van der Waals surface area contributed by atoms with Gasteiger partial charge < -0.3 is 15.2 Å². The molecule has 1 aromatic carbocycles. The highest BCUT2D eigenvalue weighted by molar-refractivity contribution is 5.91. The van der Waals surface area contributed by atoms with E-state index in [0.29, 0.717) is 6.54 Å². The Morgan fingerprint density at radius 1 is 1.24 bits per heavy atom. The van der Waals surface area contributed by atoms with Crippen molar-refractivity contribution in [1.29, 1.82) is 0 Å². The van der Waals surface area contributed by atoms with Gasteiger partial charge in [0.15, 0.2) is 0 Å². The monoisotopic (exact) mass is 338 g/mol. The molecule has 0 unspecified atom stereocenters. The minimum atomic E-state index is -0.198. The van der Waals surface area contributed by atoms with E-state index in [1.54, 1.807) is 18.7 Å². The van der Waals surface area contributed by atoms with Crippen LogP contribution in [0.25, 0.3) is 11.3 Å². The van der Waals surface area contributed by atoms with Crippen molar-refractivity contribution in [2.24, 2.45) is 7.05 Å². The van der Waals surface area contributed by atoms with Gasteiger partial charge in [-0.15, -0.1) is 0 Å². The van der Waals surface area contributed by atoms with Crippen LogP contribution in [0, 0.1) is 6.92 Å². The van der Waals surface area contributed by atoms with Crippen LogP contribution in [0.15, 0.2) is 49.2 Å². The summed E-state index contributed by atoms with van der Waals surface area (Å²) in [6.45, 7) is 3.40. The Hall–Kier alpha value is -3.09. The zero-order valence-electron chi connectivity index (χ0n) is 14.4. The fourth-order valence-electron chi connectivity index (χ4n) is 2.62. The first kappa shape index (κ1) is 16.8. The standard InChI is InChI=1S/C18H22N6O/c1-14-4-5-15(17-6-8-21-23(17)2)12-16(14)22-18(25)20-7-3-10-24-11-9-19-13-24/h4-6,8-9,11-13H,3,7,10H2,1-2H3,(H2,20,22,25). The first-order valence-electron chi connectivity index (χ1n) is 8.23. The number of aryl methyl sites for hydroxylation is 3. The highest BCUT2D eigenvalue weighted by Crippen LogP contribution is 2.24. The van der Waals surface area contributed by atoms with E-state index < -0.39 is 0 Å². The first-order valence-corrected chi connectivity index (χ1v) is 8.23. The molecule has 7 nitrogen and oxygen atoms in total. The van der Waals surface area contributed by atoms with Crippen molar-refractivity contribution in [2.45, 2.75) is 19.9 Å². The van der Waals surface area contributed by atoms with E-state index in [1.807, 2.05) is 53.7 Å². The second-order valence-electron chi connectivity index (χ2n) is 5.90. The van der Waals surface area contributed by atoms with Crippen LogP contribution in [0.4, 0.5) is 10.5 Å². The third-order valence-corrected chi connectivity index (χ3v) is 4.04. The topological polar surface area (TPSA) is 76.8 Å².